The zero-order valence-electron chi connectivity index (χ0n) is 15.3. The minimum Gasteiger partial charge on any atom is -0.399 e. The average molecular weight is 392 g/mol. The van der Waals surface area contributed by atoms with Gasteiger partial charge in [0.2, 0.25) is 5.91 Å². The van der Waals surface area contributed by atoms with Gasteiger partial charge < -0.3 is 20.7 Å². The van der Waals surface area contributed by atoms with Crippen LogP contribution in [0.5, 0.6) is 0 Å². The van der Waals surface area contributed by atoms with Crippen LogP contribution in [0.3, 0.4) is 0 Å². The Labute approximate surface area is 164 Å². The second-order valence-electron chi connectivity index (χ2n) is 7.47. The number of benzene rings is 1. The van der Waals surface area contributed by atoms with E-state index < -0.39 is 6.04 Å². The molecule has 2 aliphatic rings. The van der Waals surface area contributed by atoms with E-state index in [0.29, 0.717) is 24.2 Å². The minimum atomic E-state index is -0.632. The van der Waals surface area contributed by atoms with Crippen molar-refractivity contribution in [2.24, 2.45) is 5.92 Å². The van der Waals surface area contributed by atoms with Crippen molar-refractivity contribution in [3.05, 3.63) is 28.8 Å². The van der Waals surface area contributed by atoms with Crippen LogP contribution in [0.1, 0.15) is 55.3 Å². The van der Waals surface area contributed by atoms with Crippen LogP contribution in [0.25, 0.3) is 0 Å². The zero-order chi connectivity index (χ0) is 19.4. The monoisotopic (exact) mass is 391 g/mol. The highest BCUT2D eigenvalue weighted by atomic mass is 35.5. The summed E-state index contributed by atoms with van der Waals surface area (Å²) in [7, 11) is 0. The van der Waals surface area contributed by atoms with Crippen LogP contribution in [0.2, 0.25) is 5.02 Å². The smallest absolute Gasteiger partial charge is 0.253 e. The number of anilines is 1. The van der Waals surface area contributed by atoms with Gasteiger partial charge in [-0.15, -0.1) is 0 Å². The zero-order valence-corrected chi connectivity index (χ0v) is 16.1. The van der Waals surface area contributed by atoms with E-state index >= 15 is 0 Å². The number of aldehydes is 1. The molecule has 3 rings (SSSR count). The first-order chi connectivity index (χ1) is 13.0. The van der Waals surface area contributed by atoms with Gasteiger partial charge in [-0.25, -0.2) is 0 Å². The Balaban J connectivity index is 1.82. The summed E-state index contributed by atoms with van der Waals surface area (Å²) in [5.74, 6) is -0.460. The van der Waals surface area contributed by atoms with Crippen molar-refractivity contribution in [3.8, 4) is 0 Å². The number of nitrogens with two attached hydrogens (primary N) is 1. The van der Waals surface area contributed by atoms with Crippen LogP contribution in [0.4, 0.5) is 5.69 Å². The Morgan fingerprint density at radius 1 is 1.19 bits per heavy atom. The molecule has 2 amide bonds. The summed E-state index contributed by atoms with van der Waals surface area (Å²) < 4.78 is 0. The molecule has 0 unspecified atom stereocenters. The number of amides is 2. The van der Waals surface area contributed by atoms with Gasteiger partial charge in [0.15, 0.2) is 0 Å². The molecule has 1 aliphatic heterocycles. The van der Waals surface area contributed by atoms with Crippen molar-refractivity contribution in [1.82, 2.24) is 10.2 Å². The maximum absolute atomic E-state index is 13.2. The molecule has 1 saturated heterocycles. The standard InChI is InChI=1S/C20H26ClN3O3/c21-17-11-14(22)8-9-16(17)19(26)23-18(13-5-2-1-3-6-13)20(27)24-10-4-7-15(24)12-25/h8-9,11-13,15,18H,1-7,10,22H2,(H,23,26)/t15-,18-/m0/s1. The summed E-state index contributed by atoms with van der Waals surface area (Å²) in [6.45, 7) is 0.559. The SMILES string of the molecule is Nc1ccc(C(=O)N[C@H](C(=O)N2CCC[C@H]2C=O)C2CCCCC2)c(Cl)c1. The molecule has 3 N–H and O–H groups in total. The van der Waals surface area contributed by atoms with Gasteiger partial charge in [-0.3, -0.25) is 9.59 Å². The summed E-state index contributed by atoms with van der Waals surface area (Å²) in [6, 6.07) is 3.68. The quantitative estimate of drug-likeness (QED) is 0.596. The Kier molecular flexibility index (Phi) is 6.37. The van der Waals surface area contributed by atoms with Crippen molar-refractivity contribution in [1.29, 1.82) is 0 Å². The van der Waals surface area contributed by atoms with Gasteiger partial charge in [0.05, 0.1) is 16.6 Å². The van der Waals surface area contributed by atoms with Gasteiger partial charge in [0, 0.05) is 12.2 Å². The lowest BCUT2D eigenvalue weighted by atomic mass is 9.83. The Hall–Kier alpha value is -2.08. The second kappa shape index (κ2) is 8.74. The maximum atomic E-state index is 13.2. The molecule has 1 saturated carbocycles. The van der Waals surface area contributed by atoms with Crippen LogP contribution in [-0.4, -0.2) is 41.6 Å². The number of halogens is 1. The van der Waals surface area contributed by atoms with Crippen molar-refractivity contribution >= 4 is 35.4 Å². The molecule has 1 aromatic rings. The average Bonchev–Trinajstić information content (AvgIpc) is 3.15. The molecule has 2 fully saturated rings. The minimum absolute atomic E-state index is 0.0793. The Morgan fingerprint density at radius 3 is 2.59 bits per heavy atom. The molecule has 0 spiro atoms. The molecule has 0 aromatic heterocycles. The molecule has 1 heterocycles. The van der Waals surface area contributed by atoms with E-state index in [1.54, 1.807) is 17.0 Å². The number of nitrogens with one attached hydrogen (secondary N) is 1. The number of carbonyl (C=O) groups is 3. The summed E-state index contributed by atoms with van der Waals surface area (Å²) in [4.78, 5) is 39.0. The predicted octanol–water partition coefficient (Wildman–Crippen LogP) is 2.79. The molecule has 2 atom stereocenters. The summed E-state index contributed by atoms with van der Waals surface area (Å²) in [6.07, 6.45) is 7.36. The van der Waals surface area contributed by atoms with E-state index in [-0.39, 0.29) is 28.8 Å². The first kappa shape index (κ1) is 19.7. The highest BCUT2D eigenvalue weighted by Gasteiger charge is 2.38. The fourth-order valence-electron chi connectivity index (χ4n) is 4.17. The predicted molar refractivity (Wildman–Crippen MR) is 104 cm³/mol. The number of nitrogen functional groups attached to an aromatic ring is 1. The van der Waals surface area contributed by atoms with E-state index in [0.717, 1.165) is 44.8 Å². The van der Waals surface area contributed by atoms with Crippen molar-refractivity contribution in [3.63, 3.8) is 0 Å². The second-order valence-corrected chi connectivity index (χ2v) is 7.87. The molecular formula is C20H26ClN3O3. The van der Waals surface area contributed by atoms with Gasteiger partial charge in [0.1, 0.15) is 12.3 Å². The van der Waals surface area contributed by atoms with Gasteiger partial charge >= 0.3 is 0 Å². The van der Waals surface area contributed by atoms with E-state index in [2.05, 4.69) is 5.32 Å². The highest BCUT2D eigenvalue weighted by Crippen LogP contribution is 2.29. The first-order valence-electron chi connectivity index (χ1n) is 9.63. The van der Waals surface area contributed by atoms with Crippen molar-refractivity contribution < 1.29 is 14.4 Å². The molecule has 7 heteroatoms. The van der Waals surface area contributed by atoms with Crippen molar-refractivity contribution in [2.45, 2.75) is 57.0 Å². The molecule has 1 aliphatic carbocycles. The van der Waals surface area contributed by atoms with Gasteiger partial charge in [-0.05, 0) is 49.8 Å². The topological polar surface area (TPSA) is 92.5 Å². The summed E-state index contributed by atoms with van der Waals surface area (Å²) in [5.41, 5.74) is 6.47. The molecule has 146 valence electrons. The number of likely N-dealkylation sites (tertiary alicyclic amines) is 1. The highest BCUT2D eigenvalue weighted by molar-refractivity contribution is 6.34. The fraction of sp³-hybridized carbons (Fsp3) is 0.550. The lowest BCUT2D eigenvalue weighted by molar-refractivity contribution is -0.137. The van der Waals surface area contributed by atoms with E-state index in [1.165, 1.54) is 6.07 Å². The van der Waals surface area contributed by atoms with E-state index in [1.807, 2.05) is 0 Å². The third-order valence-electron chi connectivity index (χ3n) is 5.65. The molecule has 6 nitrogen and oxygen atoms in total. The van der Waals surface area contributed by atoms with Gasteiger partial charge in [-0.1, -0.05) is 30.9 Å². The molecule has 27 heavy (non-hydrogen) atoms. The first-order valence-corrected chi connectivity index (χ1v) is 10.0. The Morgan fingerprint density at radius 2 is 1.93 bits per heavy atom. The third kappa shape index (κ3) is 4.43. The van der Waals surface area contributed by atoms with Crippen LogP contribution in [0, 0.1) is 5.92 Å². The molecule has 0 radical (unpaired) electrons. The third-order valence-corrected chi connectivity index (χ3v) is 5.96. The van der Waals surface area contributed by atoms with E-state index in [9.17, 15) is 14.4 Å². The number of hydrogen-bond acceptors (Lipinski definition) is 4. The molecule has 1 aromatic carbocycles. The van der Waals surface area contributed by atoms with Gasteiger partial charge in [-0.2, -0.15) is 0 Å². The normalized spacial score (nSPS) is 21.7. The Bertz CT molecular complexity index is 718. The van der Waals surface area contributed by atoms with Gasteiger partial charge in [0.25, 0.3) is 5.91 Å². The number of hydrogen-bond donors (Lipinski definition) is 2. The lowest BCUT2D eigenvalue weighted by Crippen LogP contribution is -2.54. The number of carbonyl (C=O) groups excluding carboxylic acids is 3. The lowest BCUT2D eigenvalue weighted by Gasteiger charge is -2.34. The van der Waals surface area contributed by atoms with Crippen molar-refractivity contribution in [2.75, 3.05) is 12.3 Å². The maximum Gasteiger partial charge on any atom is 0.253 e. The van der Waals surface area contributed by atoms with Crippen LogP contribution in [0.15, 0.2) is 18.2 Å². The number of nitrogens with zero attached hydrogens (tertiary/aromatic N) is 1. The number of rotatable bonds is 5. The fourth-order valence-corrected chi connectivity index (χ4v) is 4.44. The molecular weight excluding hydrogens is 366 g/mol. The van der Waals surface area contributed by atoms with Crippen LogP contribution in [-0.2, 0) is 9.59 Å². The molecule has 0 bridgehead atoms. The van der Waals surface area contributed by atoms with E-state index in [4.69, 9.17) is 17.3 Å². The largest absolute Gasteiger partial charge is 0.399 e. The summed E-state index contributed by atoms with van der Waals surface area (Å²) in [5, 5.41) is 3.17. The van der Waals surface area contributed by atoms with Crippen LogP contribution < -0.4 is 11.1 Å². The van der Waals surface area contributed by atoms with Crippen LogP contribution >= 0.6 is 11.6 Å². The summed E-state index contributed by atoms with van der Waals surface area (Å²) >= 11 is 6.16.